The van der Waals surface area contributed by atoms with Crippen LogP contribution in [0.5, 0.6) is 0 Å². The fourth-order valence-electron chi connectivity index (χ4n) is 1.79. The fraction of sp³-hybridized carbons (Fsp3) is 0.462. The van der Waals surface area contributed by atoms with Gasteiger partial charge in [-0.15, -0.1) is 22.7 Å². The number of hydrogen-bond donors (Lipinski definition) is 1. The van der Waals surface area contributed by atoms with Crippen molar-refractivity contribution in [2.45, 2.75) is 39.2 Å². The van der Waals surface area contributed by atoms with Crippen LogP contribution in [0.15, 0.2) is 16.8 Å². The highest BCUT2D eigenvalue weighted by Gasteiger charge is 2.26. The molecule has 2 aromatic heterocycles. The molecule has 0 amide bonds. The predicted molar refractivity (Wildman–Crippen MR) is 76.6 cm³/mol. The zero-order valence-electron chi connectivity index (χ0n) is 10.5. The first-order chi connectivity index (χ1) is 8.10. The highest BCUT2D eigenvalue weighted by atomic mass is 32.1. The van der Waals surface area contributed by atoms with Crippen molar-refractivity contribution in [3.05, 3.63) is 27.4 Å². The standard InChI is InChI=1S/C13H18N2S2/c1-4-13(14,5-2)12-15-10(8-17-12)11-9(3)6-7-16-11/h6-8H,4-5,14H2,1-3H3. The lowest BCUT2D eigenvalue weighted by Gasteiger charge is -2.23. The fourth-order valence-corrected chi connectivity index (χ4v) is 3.82. The molecule has 0 atom stereocenters. The Morgan fingerprint density at radius 1 is 1.29 bits per heavy atom. The van der Waals surface area contributed by atoms with Crippen LogP contribution < -0.4 is 5.73 Å². The molecular formula is C13H18N2S2. The van der Waals surface area contributed by atoms with Crippen LogP contribution in [-0.4, -0.2) is 4.98 Å². The molecule has 2 N–H and O–H groups in total. The highest BCUT2D eigenvalue weighted by Crippen LogP contribution is 2.34. The molecule has 2 aromatic rings. The number of nitrogens with two attached hydrogens (primary N) is 1. The van der Waals surface area contributed by atoms with Crippen LogP contribution in [0, 0.1) is 6.92 Å². The summed E-state index contributed by atoms with van der Waals surface area (Å²) in [7, 11) is 0. The number of rotatable bonds is 4. The van der Waals surface area contributed by atoms with Gasteiger partial charge in [0.25, 0.3) is 0 Å². The van der Waals surface area contributed by atoms with Crippen molar-refractivity contribution in [3.63, 3.8) is 0 Å². The Morgan fingerprint density at radius 3 is 2.53 bits per heavy atom. The van der Waals surface area contributed by atoms with Crippen LogP contribution in [-0.2, 0) is 5.54 Å². The third-order valence-corrected chi connectivity index (χ3v) is 5.39. The smallest absolute Gasteiger partial charge is 0.113 e. The van der Waals surface area contributed by atoms with E-state index in [1.165, 1.54) is 10.4 Å². The molecule has 0 spiro atoms. The molecule has 92 valence electrons. The van der Waals surface area contributed by atoms with E-state index < -0.39 is 0 Å². The van der Waals surface area contributed by atoms with E-state index in [1.807, 2.05) is 0 Å². The summed E-state index contributed by atoms with van der Waals surface area (Å²) >= 11 is 3.43. The molecule has 0 aliphatic rings. The molecule has 4 heteroatoms. The van der Waals surface area contributed by atoms with Crippen LogP contribution in [0.1, 0.15) is 37.3 Å². The van der Waals surface area contributed by atoms with Gasteiger partial charge in [0, 0.05) is 5.38 Å². The topological polar surface area (TPSA) is 38.9 Å². The molecule has 0 saturated heterocycles. The van der Waals surface area contributed by atoms with Crippen molar-refractivity contribution in [2.75, 3.05) is 0 Å². The number of aromatic nitrogens is 1. The average Bonchev–Trinajstić information content (AvgIpc) is 2.96. The van der Waals surface area contributed by atoms with Crippen molar-refractivity contribution < 1.29 is 0 Å². The summed E-state index contributed by atoms with van der Waals surface area (Å²) in [5.41, 5.74) is 8.49. The quantitative estimate of drug-likeness (QED) is 0.902. The molecule has 0 unspecified atom stereocenters. The molecular weight excluding hydrogens is 248 g/mol. The van der Waals surface area contributed by atoms with Gasteiger partial charge in [0.2, 0.25) is 0 Å². The van der Waals surface area contributed by atoms with E-state index in [9.17, 15) is 0 Å². The molecule has 0 aliphatic heterocycles. The average molecular weight is 266 g/mol. The molecule has 0 bridgehead atoms. The second-order valence-corrected chi connectivity index (χ2v) is 6.11. The lowest BCUT2D eigenvalue weighted by atomic mass is 9.95. The zero-order valence-corrected chi connectivity index (χ0v) is 12.1. The van der Waals surface area contributed by atoms with Gasteiger partial charge in [-0.1, -0.05) is 13.8 Å². The first-order valence-corrected chi connectivity index (χ1v) is 7.66. The first kappa shape index (κ1) is 12.7. The van der Waals surface area contributed by atoms with Crippen LogP contribution in [0.2, 0.25) is 0 Å². The van der Waals surface area contributed by atoms with E-state index in [0.29, 0.717) is 0 Å². The molecule has 2 nitrogen and oxygen atoms in total. The Labute approximate surface area is 111 Å². The second kappa shape index (κ2) is 4.88. The van der Waals surface area contributed by atoms with Gasteiger partial charge >= 0.3 is 0 Å². The van der Waals surface area contributed by atoms with E-state index in [1.54, 1.807) is 22.7 Å². The number of hydrogen-bond acceptors (Lipinski definition) is 4. The molecule has 0 aromatic carbocycles. The largest absolute Gasteiger partial charge is 0.319 e. The van der Waals surface area contributed by atoms with Gasteiger partial charge < -0.3 is 5.73 Å². The number of thiazole rings is 1. The predicted octanol–water partition coefficient (Wildman–Crippen LogP) is 4.15. The maximum Gasteiger partial charge on any atom is 0.113 e. The van der Waals surface area contributed by atoms with Gasteiger partial charge in [-0.05, 0) is 36.8 Å². The summed E-state index contributed by atoms with van der Waals surface area (Å²) in [6.07, 6.45) is 1.86. The van der Waals surface area contributed by atoms with Gasteiger partial charge in [-0.25, -0.2) is 4.98 Å². The van der Waals surface area contributed by atoms with Crippen molar-refractivity contribution in [3.8, 4) is 10.6 Å². The molecule has 0 aliphatic carbocycles. The Hall–Kier alpha value is -0.710. The summed E-state index contributed by atoms with van der Waals surface area (Å²) in [4.78, 5) is 6.00. The second-order valence-electron chi connectivity index (χ2n) is 4.33. The van der Waals surface area contributed by atoms with Crippen molar-refractivity contribution in [1.29, 1.82) is 0 Å². The summed E-state index contributed by atoms with van der Waals surface area (Å²) in [6, 6.07) is 2.13. The summed E-state index contributed by atoms with van der Waals surface area (Å²) in [6.45, 7) is 6.38. The van der Waals surface area contributed by atoms with Crippen LogP contribution in [0.4, 0.5) is 0 Å². The minimum atomic E-state index is -0.256. The highest BCUT2D eigenvalue weighted by molar-refractivity contribution is 7.14. The van der Waals surface area contributed by atoms with Gasteiger partial charge in [0.05, 0.1) is 16.1 Å². The van der Waals surface area contributed by atoms with E-state index in [0.717, 1.165) is 23.5 Å². The van der Waals surface area contributed by atoms with E-state index in [2.05, 4.69) is 37.6 Å². The molecule has 0 saturated carbocycles. The SMILES string of the molecule is CCC(N)(CC)c1nc(-c2sccc2C)cs1. The summed E-state index contributed by atoms with van der Waals surface area (Å²) < 4.78 is 0. The van der Waals surface area contributed by atoms with E-state index >= 15 is 0 Å². The molecule has 0 radical (unpaired) electrons. The maximum atomic E-state index is 6.37. The van der Waals surface area contributed by atoms with Gasteiger partial charge in [0.15, 0.2) is 0 Å². The minimum Gasteiger partial charge on any atom is -0.319 e. The monoisotopic (exact) mass is 266 g/mol. The summed E-state index contributed by atoms with van der Waals surface area (Å²) in [5, 5.41) is 5.30. The Bertz CT molecular complexity index is 495. The Kier molecular flexibility index (Phi) is 3.66. The summed E-state index contributed by atoms with van der Waals surface area (Å²) in [5.74, 6) is 0. The lowest BCUT2D eigenvalue weighted by molar-refractivity contribution is 0.411. The number of aryl methyl sites for hydroxylation is 1. The molecule has 2 rings (SSSR count). The van der Waals surface area contributed by atoms with E-state index in [-0.39, 0.29) is 5.54 Å². The zero-order chi connectivity index (χ0) is 12.5. The number of nitrogens with zero attached hydrogens (tertiary/aromatic N) is 1. The molecule has 17 heavy (non-hydrogen) atoms. The number of thiophene rings is 1. The van der Waals surface area contributed by atoms with Gasteiger partial charge in [-0.2, -0.15) is 0 Å². The van der Waals surface area contributed by atoms with Crippen molar-refractivity contribution >= 4 is 22.7 Å². The third-order valence-electron chi connectivity index (χ3n) is 3.29. The van der Waals surface area contributed by atoms with Crippen molar-refractivity contribution in [1.82, 2.24) is 4.98 Å². The normalized spacial score (nSPS) is 12.0. The molecule has 2 heterocycles. The van der Waals surface area contributed by atoms with Gasteiger partial charge in [-0.3, -0.25) is 0 Å². The Morgan fingerprint density at radius 2 is 2.00 bits per heavy atom. The maximum absolute atomic E-state index is 6.37. The third kappa shape index (κ3) is 2.30. The Balaban J connectivity index is 2.37. The molecule has 0 fully saturated rings. The van der Waals surface area contributed by atoms with Crippen LogP contribution in [0.3, 0.4) is 0 Å². The lowest BCUT2D eigenvalue weighted by Crippen LogP contribution is -2.34. The van der Waals surface area contributed by atoms with E-state index in [4.69, 9.17) is 10.7 Å². The van der Waals surface area contributed by atoms with Crippen LogP contribution in [0.25, 0.3) is 10.6 Å². The first-order valence-electron chi connectivity index (χ1n) is 5.90. The van der Waals surface area contributed by atoms with Crippen molar-refractivity contribution in [2.24, 2.45) is 5.73 Å². The van der Waals surface area contributed by atoms with Gasteiger partial charge in [0.1, 0.15) is 5.01 Å². The minimum absolute atomic E-state index is 0.256. The van der Waals surface area contributed by atoms with Crippen LogP contribution >= 0.6 is 22.7 Å².